The summed E-state index contributed by atoms with van der Waals surface area (Å²) in [7, 11) is -1.00. The van der Waals surface area contributed by atoms with Crippen LogP contribution in [0.4, 0.5) is 4.39 Å². The number of halogens is 1. The molecule has 0 amide bonds. The third-order valence-corrected chi connectivity index (χ3v) is 5.99. The molecular formula is C20H25FO2S. The zero-order valence-electron chi connectivity index (χ0n) is 14.7. The van der Waals surface area contributed by atoms with E-state index in [1.807, 2.05) is 58.0 Å². The maximum atomic E-state index is 13.7. The Kier molecular flexibility index (Phi) is 6.16. The maximum Gasteiger partial charge on any atom is 0.123 e. The molecule has 0 spiro atoms. The normalized spacial score (nSPS) is 14.2. The van der Waals surface area contributed by atoms with Crippen LogP contribution in [0, 0.1) is 5.82 Å². The number of hydrogen-bond donors (Lipinski definition) is 0. The molecule has 0 saturated carbocycles. The van der Waals surface area contributed by atoms with Gasteiger partial charge in [0.15, 0.2) is 0 Å². The van der Waals surface area contributed by atoms with Gasteiger partial charge in [-0.25, -0.2) is 4.39 Å². The van der Waals surface area contributed by atoms with Crippen molar-refractivity contribution < 1.29 is 13.3 Å². The molecule has 0 unspecified atom stereocenters. The Hall–Kier alpha value is -1.68. The standard InChI is InChI=1S/C20H25FO2S/c1-15(14-24(22)20(2,3)4)18-12-17(21)10-11-19(18)23-13-16-8-6-5-7-9-16/h5-12,15H,13-14H2,1-4H3/t15-,24+/m0/s1. The number of benzene rings is 2. The molecule has 0 aromatic heterocycles. The van der Waals surface area contributed by atoms with Gasteiger partial charge < -0.3 is 4.74 Å². The summed E-state index contributed by atoms with van der Waals surface area (Å²) in [4.78, 5) is 0. The third-order valence-electron chi connectivity index (χ3n) is 3.82. The Morgan fingerprint density at radius 2 is 1.79 bits per heavy atom. The molecule has 0 N–H and O–H groups in total. The van der Waals surface area contributed by atoms with Crippen LogP contribution in [-0.4, -0.2) is 14.7 Å². The van der Waals surface area contributed by atoms with Gasteiger partial charge in [-0.05, 0) is 50.5 Å². The van der Waals surface area contributed by atoms with E-state index in [0.717, 1.165) is 11.1 Å². The van der Waals surface area contributed by atoms with Crippen LogP contribution < -0.4 is 4.74 Å². The van der Waals surface area contributed by atoms with Gasteiger partial charge in [-0.1, -0.05) is 37.3 Å². The van der Waals surface area contributed by atoms with Crippen molar-refractivity contribution in [2.75, 3.05) is 5.75 Å². The molecule has 0 aliphatic heterocycles. The summed E-state index contributed by atoms with van der Waals surface area (Å²) in [5, 5.41) is 0. The van der Waals surface area contributed by atoms with E-state index in [0.29, 0.717) is 18.1 Å². The van der Waals surface area contributed by atoms with E-state index in [1.165, 1.54) is 12.1 Å². The Bertz CT molecular complexity index is 693. The molecule has 2 nitrogen and oxygen atoms in total. The van der Waals surface area contributed by atoms with Crippen LogP contribution in [0.1, 0.15) is 44.7 Å². The number of rotatable bonds is 6. The quantitative estimate of drug-likeness (QED) is 0.730. The lowest BCUT2D eigenvalue weighted by Gasteiger charge is -2.22. The van der Waals surface area contributed by atoms with Gasteiger partial charge >= 0.3 is 0 Å². The monoisotopic (exact) mass is 348 g/mol. The minimum Gasteiger partial charge on any atom is -0.489 e. The van der Waals surface area contributed by atoms with Gasteiger partial charge in [-0.2, -0.15) is 0 Å². The van der Waals surface area contributed by atoms with Crippen molar-refractivity contribution in [3.63, 3.8) is 0 Å². The number of ether oxygens (including phenoxy) is 1. The van der Waals surface area contributed by atoms with Crippen molar-refractivity contribution in [2.24, 2.45) is 0 Å². The lowest BCUT2D eigenvalue weighted by Crippen LogP contribution is -2.26. The minimum atomic E-state index is -1.00. The van der Waals surface area contributed by atoms with Crippen LogP contribution in [0.2, 0.25) is 0 Å². The Balaban J connectivity index is 2.16. The fraction of sp³-hybridized carbons (Fsp3) is 0.400. The molecule has 130 valence electrons. The molecule has 0 radical (unpaired) electrons. The van der Waals surface area contributed by atoms with Gasteiger partial charge in [0.05, 0.1) is 0 Å². The first-order valence-corrected chi connectivity index (χ1v) is 9.44. The van der Waals surface area contributed by atoms with E-state index in [9.17, 15) is 8.60 Å². The highest BCUT2D eigenvalue weighted by Gasteiger charge is 2.23. The van der Waals surface area contributed by atoms with Crippen molar-refractivity contribution >= 4 is 10.8 Å². The molecule has 2 aromatic rings. The predicted molar refractivity (Wildman–Crippen MR) is 98.4 cm³/mol. The largest absolute Gasteiger partial charge is 0.489 e. The van der Waals surface area contributed by atoms with Crippen molar-refractivity contribution in [3.05, 3.63) is 65.5 Å². The Morgan fingerprint density at radius 3 is 2.42 bits per heavy atom. The molecule has 0 bridgehead atoms. The summed E-state index contributed by atoms with van der Waals surface area (Å²) < 4.78 is 31.7. The van der Waals surface area contributed by atoms with Crippen LogP contribution in [0.25, 0.3) is 0 Å². The first-order chi connectivity index (χ1) is 11.3. The SMILES string of the molecule is C[C@@H](C[S@@](=O)C(C)(C)C)c1cc(F)ccc1OCc1ccccc1. The van der Waals surface area contributed by atoms with E-state index in [2.05, 4.69) is 0 Å². The molecule has 2 aromatic carbocycles. The molecule has 0 fully saturated rings. The van der Waals surface area contributed by atoms with Gasteiger partial charge in [0.1, 0.15) is 18.2 Å². The highest BCUT2D eigenvalue weighted by atomic mass is 32.2. The van der Waals surface area contributed by atoms with Crippen LogP contribution in [0.3, 0.4) is 0 Å². The number of hydrogen-bond acceptors (Lipinski definition) is 2. The summed E-state index contributed by atoms with van der Waals surface area (Å²) in [5.74, 6) is 0.782. The summed E-state index contributed by atoms with van der Waals surface area (Å²) in [6, 6.07) is 14.4. The smallest absolute Gasteiger partial charge is 0.123 e. The second kappa shape index (κ2) is 7.93. The average Bonchev–Trinajstić information content (AvgIpc) is 2.53. The zero-order valence-corrected chi connectivity index (χ0v) is 15.5. The van der Waals surface area contributed by atoms with Gasteiger partial charge in [0.2, 0.25) is 0 Å². The molecule has 0 heterocycles. The second-order valence-corrected chi connectivity index (χ2v) is 9.23. The van der Waals surface area contributed by atoms with Crippen molar-refractivity contribution in [1.29, 1.82) is 0 Å². The lowest BCUT2D eigenvalue weighted by molar-refractivity contribution is 0.301. The zero-order chi connectivity index (χ0) is 17.7. The molecule has 2 rings (SSSR count). The van der Waals surface area contributed by atoms with Crippen LogP contribution in [0.15, 0.2) is 48.5 Å². The van der Waals surface area contributed by atoms with Gasteiger partial charge in [-0.3, -0.25) is 4.21 Å². The van der Waals surface area contributed by atoms with Gasteiger partial charge in [0.25, 0.3) is 0 Å². The average molecular weight is 348 g/mol. The summed E-state index contributed by atoms with van der Waals surface area (Å²) >= 11 is 0. The van der Waals surface area contributed by atoms with Crippen LogP contribution in [0.5, 0.6) is 5.75 Å². The summed E-state index contributed by atoms with van der Waals surface area (Å²) in [5.41, 5.74) is 1.82. The summed E-state index contributed by atoms with van der Waals surface area (Å²) in [6.07, 6.45) is 0. The fourth-order valence-electron chi connectivity index (χ4n) is 2.34. The molecule has 2 atom stereocenters. The van der Waals surface area contributed by atoms with E-state index >= 15 is 0 Å². The highest BCUT2D eigenvalue weighted by molar-refractivity contribution is 7.86. The van der Waals surface area contributed by atoms with E-state index < -0.39 is 10.8 Å². The van der Waals surface area contributed by atoms with Crippen LogP contribution >= 0.6 is 0 Å². The molecule has 4 heteroatoms. The van der Waals surface area contributed by atoms with Crippen molar-refractivity contribution in [2.45, 2.75) is 45.0 Å². The molecule has 0 aliphatic rings. The topological polar surface area (TPSA) is 26.3 Å². The molecule has 24 heavy (non-hydrogen) atoms. The second-order valence-electron chi connectivity index (χ2n) is 6.98. The van der Waals surface area contributed by atoms with Crippen molar-refractivity contribution in [1.82, 2.24) is 0 Å². The Morgan fingerprint density at radius 1 is 1.12 bits per heavy atom. The van der Waals surface area contributed by atoms with E-state index in [4.69, 9.17) is 4.74 Å². The first-order valence-electron chi connectivity index (χ1n) is 8.12. The van der Waals surface area contributed by atoms with Gasteiger partial charge in [-0.15, -0.1) is 0 Å². The molecule has 0 saturated heterocycles. The van der Waals surface area contributed by atoms with E-state index in [-0.39, 0.29) is 16.5 Å². The molecule has 0 aliphatic carbocycles. The van der Waals surface area contributed by atoms with Gasteiger partial charge in [0, 0.05) is 26.9 Å². The van der Waals surface area contributed by atoms with Crippen molar-refractivity contribution in [3.8, 4) is 5.75 Å². The molecular weight excluding hydrogens is 323 g/mol. The fourth-order valence-corrected chi connectivity index (χ4v) is 3.47. The predicted octanol–water partition coefficient (Wildman–Crippen LogP) is 5.06. The third kappa shape index (κ3) is 5.17. The highest BCUT2D eigenvalue weighted by Crippen LogP contribution is 2.30. The van der Waals surface area contributed by atoms with Crippen LogP contribution in [-0.2, 0) is 17.4 Å². The lowest BCUT2D eigenvalue weighted by atomic mass is 10.0. The maximum absolute atomic E-state index is 13.7. The van der Waals surface area contributed by atoms with E-state index in [1.54, 1.807) is 6.07 Å². The first kappa shape index (κ1) is 18.7. The summed E-state index contributed by atoms with van der Waals surface area (Å²) in [6.45, 7) is 8.25. The Labute approximate surface area is 146 Å². The minimum absolute atomic E-state index is 0.0495.